The largest absolute Gasteiger partial charge is 0.309 e. The molecule has 0 aliphatic heterocycles. The van der Waals surface area contributed by atoms with Gasteiger partial charge in [0, 0.05) is 11.4 Å². The maximum absolute atomic E-state index is 13.2. The predicted molar refractivity (Wildman–Crippen MR) is 101 cm³/mol. The highest BCUT2D eigenvalue weighted by Gasteiger charge is 2.22. The first-order chi connectivity index (χ1) is 11.5. The second-order valence-corrected chi connectivity index (χ2v) is 8.35. The van der Waals surface area contributed by atoms with Crippen LogP contribution in [-0.2, 0) is 25.9 Å². The van der Waals surface area contributed by atoms with Gasteiger partial charge in [-0.05, 0) is 72.4 Å². The molecule has 1 aliphatic carbocycles. The summed E-state index contributed by atoms with van der Waals surface area (Å²) in [5.74, 6) is 0.898. The van der Waals surface area contributed by atoms with Gasteiger partial charge in [0.25, 0.3) is 5.56 Å². The first-order valence-electron chi connectivity index (χ1n) is 8.80. The van der Waals surface area contributed by atoms with Crippen LogP contribution in [0.15, 0.2) is 4.79 Å². The zero-order valence-corrected chi connectivity index (χ0v) is 16.1. The molecular weight excluding hydrogens is 320 g/mol. The molecule has 3 rings (SSSR count). The molecule has 6 heteroatoms. The van der Waals surface area contributed by atoms with E-state index in [-0.39, 0.29) is 5.56 Å². The molecule has 0 fully saturated rings. The SMILES string of the molecule is CN(C)CCCn1c(CN(C)C)nc2sc3c(c2c1=O)CCCC3. The zero-order chi connectivity index (χ0) is 17.3. The van der Waals surface area contributed by atoms with Crippen molar-refractivity contribution in [2.45, 2.75) is 45.2 Å². The molecule has 2 heterocycles. The summed E-state index contributed by atoms with van der Waals surface area (Å²) in [5.41, 5.74) is 1.46. The van der Waals surface area contributed by atoms with Gasteiger partial charge in [0.05, 0.1) is 11.9 Å². The third-order valence-corrected chi connectivity index (χ3v) is 5.78. The lowest BCUT2D eigenvalue weighted by Gasteiger charge is -2.17. The Morgan fingerprint density at radius 1 is 1.12 bits per heavy atom. The molecule has 1 aliphatic rings. The molecule has 0 atom stereocenters. The summed E-state index contributed by atoms with van der Waals surface area (Å²) in [6, 6.07) is 0. The van der Waals surface area contributed by atoms with Crippen molar-refractivity contribution in [3.05, 3.63) is 26.6 Å². The van der Waals surface area contributed by atoms with Gasteiger partial charge >= 0.3 is 0 Å². The second kappa shape index (κ2) is 7.33. The van der Waals surface area contributed by atoms with Crippen LogP contribution in [0.3, 0.4) is 0 Å². The Morgan fingerprint density at radius 2 is 1.88 bits per heavy atom. The Bertz CT molecular complexity index is 775. The molecule has 0 radical (unpaired) electrons. The lowest BCUT2D eigenvalue weighted by atomic mass is 9.97. The Hall–Kier alpha value is -1.24. The first-order valence-corrected chi connectivity index (χ1v) is 9.62. The number of aromatic nitrogens is 2. The van der Waals surface area contributed by atoms with Crippen LogP contribution in [0, 0.1) is 0 Å². The van der Waals surface area contributed by atoms with E-state index < -0.39 is 0 Å². The highest BCUT2D eigenvalue weighted by Crippen LogP contribution is 2.33. The smallest absolute Gasteiger partial charge is 0.262 e. The van der Waals surface area contributed by atoms with Crippen molar-refractivity contribution in [1.29, 1.82) is 0 Å². The first kappa shape index (κ1) is 17.6. The second-order valence-electron chi connectivity index (χ2n) is 7.27. The van der Waals surface area contributed by atoms with Gasteiger partial charge in [0.1, 0.15) is 10.7 Å². The van der Waals surface area contributed by atoms with E-state index in [1.807, 2.05) is 18.7 Å². The number of rotatable bonds is 6. The Morgan fingerprint density at radius 3 is 2.58 bits per heavy atom. The number of hydrogen-bond donors (Lipinski definition) is 0. The van der Waals surface area contributed by atoms with E-state index in [4.69, 9.17) is 4.98 Å². The van der Waals surface area contributed by atoms with E-state index in [2.05, 4.69) is 23.9 Å². The van der Waals surface area contributed by atoms with E-state index in [0.29, 0.717) is 6.54 Å². The fourth-order valence-corrected chi connectivity index (χ4v) is 4.73. The number of thiophene rings is 1. The van der Waals surface area contributed by atoms with E-state index >= 15 is 0 Å². The van der Waals surface area contributed by atoms with Crippen LogP contribution in [0.25, 0.3) is 10.2 Å². The molecule has 2 aromatic heterocycles. The van der Waals surface area contributed by atoms with Crippen molar-refractivity contribution >= 4 is 21.6 Å². The van der Waals surface area contributed by atoms with Gasteiger partial charge in [-0.3, -0.25) is 9.36 Å². The van der Waals surface area contributed by atoms with E-state index in [9.17, 15) is 4.79 Å². The van der Waals surface area contributed by atoms with Crippen LogP contribution in [0.4, 0.5) is 0 Å². The van der Waals surface area contributed by atoms with Crippen molar-refractivity contribution in [2.75, 3.05) is 34.7 Å². The van der Waals surface area contributed by atoms with Crippen molar-refractivity contribution < 1.29 is 0 Å². The van der Waals surface area contributed by atoms with Gasteiger partial charge in [-0.1, -0.05) is 0 Å². The summed E-state index contributed by atoms with van der Waals surface area (Å²) < 4.78 is 1.92. The van der Waals surface area contributed by atoms with Crippen molar-refractivity contribution in [2.24, 2.45) is 0 Å². The number of aryl methyl sites for hydroxylation is 2. The summed E-state index contributed by atoms with van der Waals surface area (Å²) in [6.07, 6.45) is 5.54. The summed E-state index contributed by atoms with van der Waals surface area (Å²) in [6.45, 7) is 2.43. The summed E-state index contributed by atoms with van der Waals surface area (Å²) in [5, 5.41) is 0.905. The molecule has 24 heavy (non-hydrogen) atoms. The molecular formula is C18H28N4OS. The van der Waals surface area contributed by atoms with Crippen LogP contribution < -0.4 is 5.56 Å². The molecule has 2 aromatic rings. The average Bonchev–Trinajstić information content (AvgIpc) is 2.87. The van der Waals surface area contributed by atoms with Gasteiger partial charge in [-0.15, -0.1) is 11.3 Å². The Kier molecular flexibility index (Phi) is 5.37. The minimum absolute atomic E-state index is 0.176. The summed E-state index contributed by atoms with van der Waals surface area (Å²) in [7, 11) is 8.19. The molecule has 0 amide bonds. The Labute approximate surface area is 147 Å². The van der Waals surface area contributed by atoms with E-state index in [1.54, 1.807) is 11.3 Å². The van der Waals surface area contributed by atoms with Gasteiger partial charge in [-0.25, -0.2) is 4.98 Å². The van der Waals surface area contributed by atoms with E-state index in [0.717, 1.165) is 48.4 Å². The van der Waals surface area contributed by atoms with Crippen molar-refractivity contribution in [3.8, 4) is 0 Å². The molecule has 0 N–H and O–H groups in total. The zero-order valence-electron chi connectivity index (χ0n) is 15.3. The Balaban J connectivity index is 2.07. The lowest BCUT2D eigenvalue weighted by molar-refractivity contribution is 0.359. The van der Waals surface area contributed by atoms with Crippen LogP contribution in [0.5, 0.6) is 0 Å². The minimum Gasteiger partial charge on any atom is -0.309 e. The maximum Gasteiger partial charge on any atom is 0.262 e. The predicted octanol–water partition coefficient (Wildman–Crippen LogP) is 2.35. The third-order valence-electron chi connectivity index (χ3n) is 4.60. The topological polar surface area (TPSA) is 41.4 Å². The monoisotopic (exact) mass is 348 g/mol. The molecule has 0 unspecified atom stereocenters. The summed E-state index contributed by atoms with van der Waals surface area (Å²) >= 11 is 1.74. The third kappa shape index (κ3) is 3.55. The van der Waals surface area contributed by atoms with Crippen molar-refractivity contribution in [3.63, 3.8) is 0 Å². The van der Waals surface area contributed by atoms with Crippen LogP contribution in [0.2, 0.25) is 0 Å². The fourth-order valence-electron chi connectivity index (χ4n) is 3.46. The highest BCUT2D eigenvalue weighted by atomic mass is 32.1. The highest BCUT2D eigenvalue weighted by molar-refractivity contribution is 7.18. The average molecular weight is 349 g/mol. The number of nitrogens with zero attached hydrogens (tertiary/aromatic N) is 4. The molecule has 0 saturated carbocycles. The molecule has 0 bridgehead atoms. The fraction of sp³-hybridized carbons (Fsp3) is 0.667. The maximum atomic E-state index is 13.2. The molecule has 0 saturated heterocycles. The summed E-state index contributed by atoms with van der Waals surface area (Å²) in [4.78, 5) is 24.7. The van der Waals surface area contributed by atoms with Gasteiger partial charge < -0.3 is 9.80 Å². The van der Waals surface area contributed by atoms with Crippen molar-refractivity contribution in [1.82, 2.24) is 19.4 Å². The molecule has 5 nitrogen and oxygen atoms in total. The lowest BCUT2D eigenvalue weighted by Crippen LogP contribution is -2.29. The number of hydrogen-bond acceptors (Lipinski definition) is 5. The number of fused-ring (bicyclic) bond motifs is 3. The standard InChI is InChI=1S/C18H28N4OS/c1-20(2)10-7-11-22-15(12-21(3)4)19-17-16(18(22)23)13-8-5-6-9-14(13)24-17/h5-12H2,1-4H3. The van der Waals surface area contributed by atoms with Crippen LogP contribution in [-0.4, -0.2) is 54.1 Å². The van der Waals surface area contributed by atoms with Gasteiger partial charge in [-0.2, -0.15) is 0 Å². The molecule has 132 valence electrons. The minimum atomic E-state index is 0.176. The van der Waals surface area contributed by atoms with E-state index in [1.165, 1.54) is 23.3 Å². The van der Waals surface area contributed by atoms with Gasteiger partial charge in [0.2, 0.25) is 0 Å². The van der Waals surface area contributed by atoms with Crippen LogP contribution in [0.1, 0.15) is 35.5 Å². The van der Waals surface area contributed by atoms with Gasteiger partial charge in [0.15, 0.2) is 0 Å². The molecule has 0 spiro atoms. The normalized spacial score (nSPS) is 14.8. The van der Waals surface area contributed by atoms with Crippen LogP contribution >= 0.6 is 11.3 Å². The molecule has 0 aromatic carbocycles. The quantitative estimate of drug-likeness (QED) is 0.804.